The highest BCUT2D eigenvalue weighted by Crippen LogP contribution is 2.33. The van der Waals surface area contributed by atoms with E-state index in [1.54, 1.807) is 24.2 Å². The Kier molecular flexibility index (Phi) is 3.21. The molecule has 18 heavy (non-hydrogen) atoms. The lowest BCUT2D eigenvalue weighted by molar-refractivity contribution is 0.742. The van der Waals surface area contributed by atoms with E-state index in [-0.39, 0.29) is 5.37 Å². The second kappa shape index (κ2) is 5.00. The average molecular weight is 276 g/mol. The molecule has 2 heterocycles. The highest BCUT2D eigenvalue weighted by Gasteiger charge is 2.21. The van der Waals surface area contributed by atoms with Gasteiger partial charge in [0.1, 0.15) is 10.4 Å². The second-order valence-corrected chi connectivity index (χ2v) is 5.36. The van der Waals surface area contributed by atoms with Crippen LogP contribution in [0.25, 0.3) is 0 Å². The zero-order chi connectivity index (χ0) is 12.4. The van der Waals surface area contributed by atoms with Crippen LogP contribution in [0, 0.1) is 0 Å². The number of nitrogens with zero attached hydrogens (tertiary/aromatic N) is 2. The molecule has 90 valence electrons. The summed E-state index contributed by atoms with van der Waals surface area (Å²) in [7, 11) is 0. The minimum Gasteiger partial charge on any atom is -0.291 e. The molecule has 0 bridgehead atoms. The highest BCUT2D eigenvalue weighted by molar-refractivity contribution is 8.14. The molecule has 1 unspecified atom stereocenters. The van der Waals surface area contributed by atoms with Gasteiger partial charge in [0.15, 0.2) is 0 Å². The van der Waals surface area contributed by atoms with E-state index in [0.717, 1.165) is 15.6 Å². The number of pyridine rings is 1. The van der Waals surface area contributed by atoms with Crippen LogP contribution in [0.15, 0.2) is 53.9 Å². The summed E-state index contributed by atoms with van der Waals surface area (Å²) in [5.74, 6) is 0. The number of hydrogen-bond acceptors (Lipinski definition) is 4. The van der Waals surface area contributed by atoms with Crippen LogP contribution in [-0.4, -0.2) is 10.0 Å². The number of halogens is 1. The van der Waals surface area contributed by atoms with Gasteiger partial charge in [-0.25, -0.2) is 0 Å². The zero-order valence-electron chi connectivity index (χ0n) is 9.38. The van der Waals surface area contributed by atoms with Crippen LogP contribution in [0.5, 0.6) is 0 Å². The lowest BCUT2D eigenvalue weighted by Gasteiger charge is -2.08. The van der Waals surface area contributed by atoms with E-state index in [9.17, 15) is 0 Å². The van der Waals surface area contributed by atoms with E-state index < -0.39 is 0 Å². The van der Waals surface area contributed by atoms with Crippen LogP contribution in [0.3, 0.4) is 0 Å². The Balaban J connectivity index is 1.77. The van der Waals surface area contributed by atoms with Crippen molar-refractivity contribution in [3.8, 4) is 0 Å². The Morgan fingerprint density at radius 3 is 2.50 bits per heavy atom. The minimum absolute atomic E-state index is 0.152. The third-order valence-electron chi connectivity index (χ3n) is 2.61. The molecule has 1 N–H and O–H groups in total. The molecule has 5 heteroatoms. The predicted molar refractivity (Wildman–Crippen MR) is 75.7 cm³/mol. The summed E-state index contributed by atoms with van der Waals surface area (Å²) in [5, 5.41) is 6.23. The maximum atomic E-state index is 5.87. The first-order chi connectivity index (χ1) is 8.83. The third kappa shape index (κ3) is 2.35. The summed E-state index contributed by atoms with van der Waals surface area (Å²) in [6, 6.07) is 11.7. The number of thioether (sulfide) groups is 1. The molecule has 0 spiro atoms. The Morgan fingerprint density at radius 1 is 1.06 bits per heavy atom. The molecular formula is C13H10ClN3S. The highest BCUT2D eigenvalue weighted by atomic mass is 35.5. The van der Waals surface area contributed by atoms with Gasteiger partial charge in [0, 0.05) is 23.0 Å². The summed E-state index contributed by atoms with van der Waals surface area (Å²) in [4.78, 5) is 4.01. The van der Waals surface area contributed by atoms with Crippen molar-refractivity contribution in [2.75, 3.05) is 0 Å². The third-order valence-corrected chi connectivity index (χ3v) is 4.03. The topological polar surface area (TPSA) is 37.3 Å². The van der Waals surface area contributed by atoms with Crippen LogP contribution in [0.4, 0.5) is 0 Å². The van der Waals surface area contributed by atoms with E-state index in [0.29, 0.717) is 0 Å². The Morgan fingerprint density at radius 2 is 1.78 bits per heavy atom. The van der Waals surface area contributed by atoms with Crippen molar-refractivity contribution in [1.82, 2.24) is 10.4 Å². The van der Waals surface area contributed by atoms with Gasteiger partial charge in [-0.05, 0) is 29.8 Å². The van der Waals surface area contributed by atoms with E-state index in [1.807, 2.05) is 36.4 Å². The first kappa shape index (κ1) is 11.6. The molecule has 1 aliphatic rings. The van der Waals surface area contributed by atoms with Crippen molar-refractivity contribution >= 4 is 28.4 Å². The zero-order valence-corrected chi connectivity index (χ0v) is 10.9. The number of rotatable bonds is 2. The molecule has 0 radical (unpaired) electrons. The molecule has 2 aromatic rings. The Labute approximate surface area is 114 Å². The van der Waals surface area contributed by atoms with Crippen LogP contribution >= 0.6 is 23.4 Å². The van der Waals surface area contributed by atoms with Gasteiger partial charge in [-0.1, -0.05) is 35.5 Å². The summed E-state index contributed by atoms with van der Waals surface area (Å²) < 4.78 is 0. The monoisotopic (exact) mass is 275 g/mol. The van der Waals surface area contributed by atoms with E-state index in [4.69, 9.17) is 11.6 Å². The van der Waals surface area contributed by atoms with Gasteiger partial charge in [0.05, 0.1) is 0 Å². The van der Waals surface area contributed by atoms with Crippen LogP contribution < -0.4 is 5.43 Å². The quantitative estimate of drug-likeness (QED) is 0.912. The largest absolute Gasteiger partial charge is 0.291 e. The number of hydrazone groups is 1. The molecule has 1 aliphatic heterocycles. The lowest BCUT2D eigenvalue weighted by atomic mass is 10.2. The summed E-state index contributed by atoms with van der Waals surface area (Å²) in [6.45, 7) is 0. The normalized spacial score (nSPS) is 18.3. The van der Waals surface area contributed by atoms with Crippen LogP contribution in [-0.2, 0) is 0 Å². The molecule has 0 saturated carbocycles. The van der Waals surface area contributed by atoms with Crippen LogP contribution in [0.2, 0.25) is 5.02 Å². The molecule has 1 atom stereocenters. The smallest absolute Gasteiger partial charge is 0.126 e. The maximum absolute atomic E-state index is 5.87. The fraction of sp³-hybridized carbons (Fsp3) is 0.0769. The Hall–Kier alpha value is -1.52. The number of benzene rings is 1. The molecule has 0 amide bonds. The van der Waals surface area contributed by atoms with Crippen molar-refractivity contribution in [2.45, 2.75) is 5.37 Å². The predicted octanol–water partition coefficient (Wildman–Crippen LogP) is 3.43. The number of nitrogens with one attached hydrogen (secondary N) is 1. The molecule has 3 rings (SSSR count). The first-order valence-corrected chi connectivity index (χ1v) is 6.74. The summed E-state index contributed by atoms with van der Waals surface area (Å²) >= 11 is 7.56. The van der Waals surface area contributed by atoms with Gasteiger partial charge >= 0.3 is 0 Å². The van der Waals surface area contributed by atoms with Gasteiger partial charge in [0.2, 0.25) is 0 Å². The van der Waals surface area contributed by atoms with Gasteiger partial charge in [-0.3, -0.25) is 10.4 Å². The van der Waals surface area contributed by atoms with Crippen molar-refractivity contribution < 1.29 is 0 Å². The fourth-order valence-electron chi connectivity index (χ4n) is 1.69. The molecule has 0 fully saturated rings. The molecule has 0 aliphatic carbocycles. The molecule has 1 aromatic heterocycles. The summed E-state index contributed by atoms with van der Waals surface area (Å²) in [5.41, 5.74) is 5.37. The van der Waals surface area contributed by atoms with Gasteiger partial charge in [0.25, 0.3) is 0 Å². The van der Waals surface area contributed by atoms with E-state index >= 15 is 0 Å². The second-order valence-electron chi connectivity index (χ2n) is 3.83. The van der Waals surface area contributed by atoms with E-state index in [1.165, 1.54) is 5.56 Å². The van der Waals surface area contributed by atoms with Gasteiger partial charge in [-0.2, -0.15) is 5.10 Å². The SMILES string of the molecule is Clc1ccc(C2=NNC(c3ccncc3)S2)cc1. The van der Waals surface area contributed by atoms with Crippen molar-refractivity contribution in [3.63, 3.8) is 0 Å². The maximum Gasteiger partial charge on any atom is 0.126 e. The number of aromatic nitrogens is 1. The molecule has 0 saturated heterocycles. The lowest BCUT2D eigenvalue weighted by Crippen LogP contribution is -2.06. The number of hydrogen-bond donors (Lipinski definition) is 1. The standard InChI is InChI=1S/C13H10ClN3S/c14-11-3-1-9(2-4-11)12-16-17-13(18-12)10-5-7-15-8-6-10/h1-8,13,17H. The molecular weight excluding hydrogens is 266 g/mol. The van der Waals surface area contributed by atoms with E-state index in [2.05, 4.69) is 15.5 Å². The molecule has 3 nitrogen and oxygen atoms in total. The Bertz CT molecular complexity index is 569. The van der Waals surface area contributed by atoms with Crippen LogP contribution in [0.1, 0.15) is 16.5 Å². The van der Waals surface area contributed by atoms with Gasteiger partial charge < -0.3 is 0 Å². The minimum atomic E-state index is 0.152. The average Bonchev–Trinajstić information content (AvgIpc) is 2.90. The fourth-order valence-corrected chi connectivity index (χ4v) is 2.81. The molecule has 1 aromatic carbocycles. The first-order valence-electron chi connectivity index (χ1n) is 5.49. The van der Waals surface area contributed by atoms with Crippen molar-refractivity contribution in [1.29, 1.82) is 0 Å². The van der Waals surface area contributed by atoms with Crippen molar-refractivity contribution in [3.05, 3.63) is 64.9 Å². The summed E-state index contributed by atoms with van der Waals surface area (Å²) in [6.07, 6.45) is 3.58. The van der Waals surface area contributed by atoms with Gasteiger partial charge in [-0.15, -0.1) is 0 Å². The van der Waals surface area contributed by atoms with Crippen molar-refractivity contribution in [2.24, 2.45) is 5.10 Å².